The summed E-state index contributed by atoms with van der Waals surface area (Å²) in [6.45, 7) is 0. The minimum Gasteiger partial charge on any atom is -0.454 e. The monoisotopic (exact) mass is 852 g/mol. The molecule has 1 N–H and O–H groups in total. The molecule has 14 rings (SSSR count). The molecule has 2 saturated carbocycles. The van der Waals surface area contributed by atoms with E-state index in [4.69, 9.17) is 8.83 Å². The Morgan fingerprint density at radius 3 is 1.61 bits per heavy atom. The number of fused-ring (bicyclic) bond motifs is 6. The van der Waals surface area contributed by atoms with Crippen LogP contribution in [0.25, 0.3) is 87.3 Å². The molecule has 0 aliphatic heterocycles. The van der Waals surface area contributed by atoms with Crippen molar-refractivity contribution in [3.63, 3.8) is 0 Å². The summed E-state index contributed by atoms with van der Waals surface area (Å²) in [4.78, 5) is 2.47. The van der Waals surface area contributed by atoms with Crippen molar-refractivity contribution in [1.82, 2.24) is 0 Å². The Morgan fingerprint density at radius 1 is 0.364 bits per heavy atom. The van der Waals surface area contributed by atoms with E-state index in [1.807, 2.05) is 0 Å². The van der Waals surface area contributed by atoms with Crippen LogP contribution in [0.15, 0.2) is 185 Å². The predicted molar refractivity (Wildman–Crippen MR) is 277 cm³/mol. The van der Waals surface area contributed by atoms with Crippen molar-refractivity contribution in [3.05, 3.63) is 187 Å². The summed E-state index contributed by atoms with van der Waals surface area (Å²) < 4.78 is 14.1. The molecule has 10 aromatic carbocycles. The number of nitrogens with zero attached hydrogens (tertiary/aromatic N) is 1. The molecule has 0 bridgehead atoms. The maximum absolute atomic E-state index is 7.22. The molecule has 2 fully saturated rings. The van der Waals surface area contributed by atoms with Gasteiger partial charge in [-0.25, -0.2) is 0 Å². The maximum Gasteiger partial charge on any atom is 0.159 e. The van der Waals surface area contributed by atoms with E-state index in [0.29, 0.717) is 11.8 Å². The molecule has 318 valence electrons. The summed E-state index contributed by atoms with van der Waals surface area (Å²) in [5.41, 5.74) is 14.2. The molecule has 66 heavy (non-hydrogen) atoms. The predicted octanol–water partition coefficient (Wildman–Crippen LogP) is 18.6. The van der Waals surface area contributed by atoms with Gasteiger partial charge in [-0.15, -0.1) is 0 Å². The number of para-hydroxylation sites is 5. The van der Waals surface area contributed by atoms with Crippen molar-refractivity contribution in [1.29, 1.82) is 0 Å². The molecule has 0 spiro atoms. The van der Waals surface area contributed by atoms with Gasteiger partial charge in [0.15, 0.2) is 11.2 Å². The van der Waals surface area contributed by atoms with Gasteiger partial charge >= 0.3 is 0 Å². The van der Waals surface area contributed by atoms with Crippen LogP contribution in [0, 0.1) is 0 Å². The number of nitrogens with one attached hydrogen (secondary N) is 1. The third-order valence-electron chi connectivity index (χ3n) is 15.3. The fraction of sp³-hybridized carbons (Fsp3) is 0.161. The quantitative estimate of drug-likeness (QED) is 0.155. The second kappa shape index (κ2) is 15.0. The summed E-state index contributed by atoms with van der Waals surface area (Å²) in [5.74, 6) is 1.10. The van der Waals surface area contributed by atoms with Gasteiger partial charge in [0.25, 0.3) is 0 Å². The van der Waals surface area contributed by atoms with Crippen LogP contribution < -0.4 is 10.2 Å². The largest absolute Gasteiger partial charge is 0.454 e. The zero-order valence-corrected chi connectivity index (χ0v) is 36.8. The Bertz CT molecular complexity index is 3830. The number of furan rings is 2. The van der Waals surface area contributed by atoms with Gasteiger partial charge in [-0.05, 0) is 106 Å². The first-order valence-corrected chi connectivity index (χ1v) is 24.1. The van der Waals surface area contributed by atoms with Crippen molar-refractivity contribution in [2.45, 2.75) is 63.2 Å². The standard InChI is InChI=1S/C62H48N2O2/c1-2-14-38(15-3-1)43-20-8-9-28-54(43)64(56-29-13-26-49-47-24-11-22-45(40-18-6-7-19-40)60(47)66-62(49)56)55-37-33-42-30-34-50-52(36-32-41-31-35-51(55)58(42)57(41)50)63-53-27-12-25-48-46-23-10-21-44(39-16-4-5-17-39)59(46)65-61(48)53/h1-3,8-15,20-37,39-40,63H,4-7,16-19H2. The Balaban J connectivity index is 0.975. The SMILES string of the molecule is c1ccc(-c2ccccc2N(c2ccc3ccc4c(Nc5cccc6c5oc5c(C7CCCC7)cccc56)ccc5ccc2c3c54)c2cccc3c2oc2c(C4CCCC4)cccc23)cc1. The lowest BCUT2D eigenvalue weighted by Crippen LogP contribution is -2.12. The lowest BCUT2D eigenvalue weighted by molar-refractivity contribution is 0.643. The van der Waals surface area contributed by atoms with Crippen LogP contribution in [0.5, 0.6) is 0 Å². The van der Waals surface area contributed by atoms with Crippen molar-refractivity contribution >= 4 is 105 Å². The third-order valence-corrected chi connectivity index (χ3v) is 15.3. The van der Waals surface area contributed by atoms with E-state index in [9.17, 15) is 0 Å². The van der Waals surface area contributed by atoms with E-state index in [2.05, 4.69) is 186 Å². The second-order valence-corrected chi connectivity index (χ2v) is 18.9. The van der Waals surface area contributed by atoms with Crippen LogP contribution in [0.3, 0.4) is 0 Å². The minimum atomic E-state index is 0.533. The third kappa shape index (κ3) is 5.77. The first kappa shape index (κ1) is 37.8. The van der Waals surface area contributed by atoms with Gasteiger partial charge in [-0.3, -0.25) is 0 Å². The van der Waals surface area contributed by atoms with E-state index < -0.39 is 0 Å². The molecule has 4 heteroatoms. The van der Waals surface area contributed by atoms with Gasteiger partial charge in [0, 0.05) is 43.6 Å². The van der Waals surface area contributed by atoms with Gasteiger partial charge in [0.1, 0.15) is 11.2 Å². The summed E-state index contributed by atoms with van der Waals surface area (Å²) in [6.07, 6.45) is 10.1. The Hall–Kier alpha value is -7.56. The van der Waals surface area contributed by atoms with Crippen molar-refractivity contribution < 1.29 is 8.83 Å². The molecule has 2 aromatic heterocycles. The molecule has 0 atom stereocenters. The summed E-state index contributed by atoms with van der Waals surface area (Å²) >= 11 is 0. The van der Waals surface area contributed by atoms with Gasteiger partial charge in [-0.2, -0.15) is 0 Å². The smallest absolute Gasteiger partial charge is 0.159 e. The molecule has 2 heterocycles. The van der Waals surface area contributed by atoms with E-state index in [1.165, 1.54) is 111 Å². The van der Waals surface area contributed by atoms with Crippen LogP contribution in [-0.2, 0) is 0 Å². The lowest BCUT2D eigenvalue weighted by atomic mass is 9.91. The van der Waals surface area contributed by atoms with E-state index >= 15 is 0 Å². The van der Waals surface area contributed by atoms with Crippen molar-refractivity contribution in [2.75, 3.05) is 10.2 Å². The normalized spacial score (nSPS) is 15.0. The summed E-state index contributed by atoms with van der Waals surface area (Å²) in [7, 11) is 0. The average Bonchev–Trinajstić information content (AvgIpc) is 4.22. The van der Waals surface area contributed by atoms with E-state index in [-0.39, 0.29) is 0 Å². The molecule has 0 radical (unpaired) electrons. The molecule has 0 unspecified atom stereocenters. The number of benzene rings is 10. The zero-order valence-electron chi connectivity index (χ0n) is 36.8. The zero-order chi connectivity index (χ0) is 43.3. The number of rotatable bonds is 8. The highest BCUT2D eigenvalue weighted by atomic mass is 16.3. The molecule has 0 amide bonds. The second-order valence-electron chi connectivity index (χ2n) is 18.9. The molecule has 2 aliphatic rings. The summed E-state index contributed by atoms with van der Waals surface area (Å²) in [6, 6.07) is 64.7. The number of hydrogen-bond acceptors (Lipinski definition) is 4. The first-order chi connectivity index (χ1) is 32.7. The van der Waals surface area contributed by atoms with Crippen LogP contribution in [0.2, 0.25) is 0 Å². The van der Waals surface area contributed by atoms with Crippen molar-refractivity contribution in [3.8, 4) is 11.1 Å². The Labute approximate surface area is 383 Å². The van der Waals surface area contributed by atoms with Crippen LogP contribution >= 0.6 is 0 Å². The highest BCUT2D eigenvalue weighted by Gasteiger charge is 2.28. The maximum atomic E-state index is 7.22. The molecule has 2 aliphatic carbocycles. The van der Waals surface area contributed by atoms with Crippen LogP contribution in [0.1, 0.15) is 74.3 Å². The highest BCUT2D eigenvalue weighted by molar-refractivity contribution is 6.28. The average molecular weight is 853 g/mol. The topological polar surface area (TPSA) is 41.5 Å². The molecule has 4 nitrogen and oxygen atoms in total. The van der Waals surface area contributed by atoms with Crippen LogP contribution in [-0.4, -0.2) is 0 Å². The van der Waals surface area contributed by atoms with E-state index in [0.717, 1.165) is 67.1 Å². The van der Waals surface area contributed by atoms with Gasteiger partial charge in [0.2, 0.25) is 0 Å². The first-order valence-electron chi connectivity index (χ1n) is 24.1. The van der Waals surface area contributed by atoms with Crippen LogP contribution in [0.4, 0.5) is 28.4 Å². The lowest BCUT2D eigenvalue weighted by Gasteiger charge is -2.29. The minimum absolute atomic E-state index is 0.533. The van der Waals surface area contributed by atoms with Gasteiger partial charge in [0.05, 0.1) is 22.7 Å². The Morgan fingerprint density at radius 2 is 0.894 bits per heavy atom. The number of anilines is 5. The fourth-order valence-corrected chi connectivity index (χ4v) is 12.2. The molecular formula is C62H48N2O2. The van der Waals surface area contributed by atoms with Crippen molar-refractivity contribution in [2.24, 2.45) is 0 Å². The summed E-state index contributed by atoms with van der Waals surface area (Å²) in [5, 5.41) is 15.9. The fourth-order valence-electron chi connectivity index (χ4n) is 12.2. The van der Waals surface area contributed by atoms with Gasteiger partial charge < -0.3 is 19.1 Å². The molecular weight excluding hydrogens is 805 g/mol. The van der Waals surface area contributed by atoms with Gasteiger partial charge in [-0.1, -0.05) is 171 Å². The number of hydrogen-bond donors (Lipinski definition) is 1. The molecule has 0 saturated heterocycles. The molecule has 12 aromatic rings. The van der Waals surface area contributed by atoms with E-state index in [1.54, 1.807) is 0 Å². The Kier molecular flexibility index (Phi) is 8.59. The highest BCUT2D eigenvalue weighted by Crippen LogP contribution is 2.51.